The standard InChI is InChI=1S/C18H24N2O7/c1-5-27-15-9-13(20(24)25)12(8-14(15)26-4)16(21)19-7-6-18(10-19,11(2)3)17(22)23/h8-9,11H,5-7,10H2,1-4H3,(H,22,23). The van der Waals surface area contributed by atoms with Crippen molar-refractivity contribution in [2.45, 2.75) is 27.2 Å². The number of benzene rings is 1. The average molecular weight is 380 g/mol. The second-order valence-corrected chi connectivity index (χ2v) is 6.80. The summed E-state index contributed by atoms with van der Waals surface area (Å²) in [4.78, 5) is 36.9. The summed E-state index contributed by atoms with van der Waals surface area (Å²) in [6.07, 6.45) is 0.299. The molecular formula is C18H24N2O7. The van der Waals surface area contributed by atoms with E-state index in [9.17, 15) is 24.8 Å². The molecule has 1 aliphatic rings. The van der Waals surface area contributed by atoms with Gasteiger partial charge in [-0.05, 0) is 19.3 Å². The highest BCUT2D eigenvalue weighted by atomic mass is 16.6. The van der Waals surface area contributed by atoms with E-state index in [1.54, 1.807) is 20.8 Å². The molecule has 1 atom stereocenters. The molecule has 1 amide bonds. The fraction of sp³-hybridized carbons (Fsp3) is 0.556. The molecule has 2 rings (SSSR count). The first-order valence-corrected chi connectivity index (χ1v) is 8.69. The number of carbonyl (C=O) groups excluding carboxylic acids is 1. The Morgan fingerprint density at radius 3 is 2.48 bits per heavy atom. The number of carboxylic acids is 1. The first-order chi connectivity index (χ1) is 12.7. The van der Waals surface area contributed by atoms with E-state index in [1.807, 2.05) is 0 Å². The summed E-state index contributed by atoms with van der Waals surface area (Å²) in [6, 6.07) is 2.44. The lowest BCUT2D eigenvalue weighted by atomic mass is 9.76. The summed E-state index contributed by atoms with van der Waals surface area (Å²) >= 11 is 0. The summed E-state index contributed by atoms with van der Waals surface area (Å²) in [6.45, 7) is 5.82. The van der Waals surface area contributed by atoms with E-state index < -0.39 is 27.9 Å². The maximum Gasteiger partial charge on any atom is 0.311 e. The zero-order valence-corrected chi connectivity index (χ0v) is 15.9. The third-order valence-corrected chi connectivity index (χ3v) is 5.13. The number of amides is 1. The Kier molecular flexibility index (Phi) is 5.92. The van der Waals surface area contributed by atoms with E-state index in [0.29, 0.717) is 6.42 Å². The summed E-state index contributed by atoms with van der Waals surface area (Å²) in [7, 11) is 1.38. The van der Waals surface area contributed by atoms with Gasteiger partial charge in [-0.3, -0.25) is 19.7 Å². The van der Waals surface area contributed by atoms with E-state index in [0.717, 1.165) is 0 Å². The molecule has 1 aromatic rings. The Balaban J connectivity index is 2.44. The van der Waals surface area contributed by atoms with Crippen LogP contribution < -0.4 is 9.47 Å². The normalized spacial score (nSPS) is 19.2. The van der Waals surface area contributed by atoms with Crippen molar-refractivity contribution in [3.05, 3.63) is 27.8 Å². The van der Waals surface area contributed by atoms with Crippen molar-refractivity contribution in [1.82, 2.24) is 4.90 Å². The number of nitro benzene ring substituents is 1. The van der Waals surface area contributed by atoms with Crippen LogP contribution in [0.1, 0.15) is 37.6 Å². The fourth-order valence-corrected chi connectivity index (χ4v) is 3.37. The third-order valence-electron chi connectivity index (χ3n) is 5.13. The van der Waals surface area contributed by atoms with Crippen LogP contribution in [0.25, 0.3) is 0 Å². The van der Waals surface area contributed by atoms with Crippen molar-refractivity contribution in [2.24, 2.45) is 11.3 Å². The van der Waals surface area contributed by atoms with E-state index in [-0.39, 0.29) is 42.7 Å². The first kappa shape index (κ1) is 20.5. The van der Waals surface area contributed by atoms with Crippen molar-refractivity contribution < 1.29 is 29.1 Å². The minimum atomic E-state index is -1.06. The molecule has 1 aromatic carbocycles. The van der Waals surface area contributed by atoms with Crippen molar-refractivity contribution in [3.8, 4) is 11.5 Å². The molecule has 1 heterocycles. The molecule has 0 bridgehead atoms. The van der Waals surface area contributed by atoms with E-state index in [2.05, 4.69) is 0 Å². The predicted molar refractivity (Wildman–Crippen MR) is 96.2 cm³/mol. The van der Waals surface area contributed by atoms with Crippen LogP contribution >= 0.6 is 0 Å². The van der Waals surface area contributed by atoms with Gasteiger partial charge < -0.3 is 19.5 Å². The summed E-state index contributed by atoms with van der Waals surface area (Å²) in [5.41, 5.74) is -1.60. The van der Waals surface area contributed by atoms with E-state index in [4.69, 9.17) is 9.47 Å². The van der Waals surface area contributed by atoms with Crippen molar-refractivity contribution in [3.63, 3.8) is 0 Å². The molecular weight excluding hydrogens is 356 g/mol. The van der Waals surface area contributed by atoms with Gasteiger partial charge in [-0.1, -0.05) is 13.8 Å². The van der Waals surface area contributed by atoms with Gasteiger partial charge in [-0.15, -0.1) is 0 Å². The van der Waals surface area contributed by atoms with Crippen LogP contribution in [0.4, 0.5) is 5.69 Å². The zero-order chi connectivity index (χ0) is 20.4. The molecule has 1 saturated heterocycles. The van der Waals surface area contributed by atoms with Crippen molar-refractivity contribution in [2.75, 3.05) is 26.8 Å². The molecule has 1 unspecified atom stereocenters. The number of hydrogen-bond donors (Lipinski definition) is 1. The number of carboxylic acid groups (broad SMARTS) is 1. The van der Waals surface area contributed by atoms with Crippen LogP contribution in [-0.2, 0) is 4.79 Å². The topological polar surface area (TPSA) is 119 Å². The Morgan fingerprint density at radius 2 is 2.04 bits per heavy atom. The van der Waals surface area contributed by atoms with Crippen LogP contribution in [0.3, 0.4) is 0 Å². The largest absolute Gasteiger partial charge is 0.493 e. The number of carbonyl (C=O) groups is 2. The van der Waals surface area contributed by atoms with E-state index >= 15 is 0 Å². The SMILES string of the molecule is CCOc1cc([N+](=O)[O-])c(C(=O)N2CCC(C(=O)O)(C(C)C)C2)cc1OC. The first-order valence-electron chi connectivity index (χ1n) is 8.69. The number of nitro groups is 1. The smallest absolute Gasteiger partial charge is 0.311 e. The van der Waals surface area contributed by atoms with Gasteiger partial charge in [-0.25, -0.2) is 0 Å². The second kappa shape index (κ2) is 7.81. The van der Waals surface area contributed by atoms with Gasteiger partial charge in [0.1, 0.15) is 5.56 Å². The van der Waals surface area contributed by atoms with Crippen LogP contribution in [0.5, 0.6) is 11.5 Å². The average Bonchev–Trinajstić information content (AvgIpc) is 3.08. The molecule has 0 radical (unpaired) electrons. The van der Waals surface area contributed by atoms with Gasteiger partial charge in [0, 0.05) is 19.2 Å². The van der Waals surface area contributed by atoms with E-state index in [1.165, 1.54) is 24.1 Å². The molecule has 9 heteroatoms. The molecule has 1 N–H and O–H groups in total. The lowest BCUT2D eigenvalue weighted by Gasteiger charge is -2.28. The monoisotopic (exact) mass is 380 g/mol. The second-order valence-electron chi connectivity index (χ2n) is 6.80. The maximum atomic E-state index is 13.0. The lowest BCUT2D eigenvalue weighted by molar-refractivity contribution is -0.385. The number of ether oxygens (including phenoxy) is 2. The molecule has 9 nitrogen and oxygen atoms in total. The molecule has 27 heavy (non-hydrogen) atoms. The highest BCUT2D eigenvalue weighted by Crippen LogP contribution is 2.40. The Labute approximate surface area is 157 Å². The molecule has 1 aliphatic heterocycles. The Bertz CT molecular complexity index is 762. The number of likely N-dealkylation sites (tertiary alicyclic amines) is 1. The van der Waals surface area contributed by atoms with Gasteiger partial charge in [0.25, 0.3) is 11.6 Å². The number of hydrogen-bond acceptors (Lipinski definition) is 6. The highest BCUT2D eigenvalue weighted by molar-refractivity contribution is 5.99. The Morgan fingerprint density at radius 1 is 1.37 bits per heavy atom. The van der Waals surface area contributed by atoms with Crippen LogP contribution in [0, 0.1) is 21.4 Å². The lowest BCUT2D eigenvalue weighted by Crippen LogP contribution is -2.40. The van der Waals surface area contributed by atoms with Gasteiger partial charge in [-0.2, -0.15) is 0 Å². The molecule has 0 aliphatic carbocycles. The number of methoxy groups -OCH3 is 1. The molecule has 0 spiro atoms. The van der Waals surface area contributed by atoms with Crippen LogP contribution in [0.2, 0.25) is 0 Å². The van der Waals surface area contributed by atoms with Gasteiger partial charge >= 0.3 is 5.97 Å². The predicted octanol–water partition coefficient (Wildman–Crippen LogP) is 2.58. The van der Waals surface area contributed by atoms with Crippen LogP contribution in [-0.4, -0.2) is 53.6 Å². The zero-order valence-electron chi connectivity index (χ0n) is 15.9. The maximum absolute atomic E-state index is 13.0. The molecule has 1 fully saturated rings. The van der Waals surface area contributed by atoms with Gasteiger partial charge in [0.05, 0.1) is 30.1 Å². The number of nitrogens with zero attached hydrogens (tertiary/aromatic N) is 2. The van der Waals surface area contributed by atoms with Gasteiger partial charge in [0.15, 0.2) is 11.5 Å². The summed E-state index contributed by atoms with van der Waals surface area (Å²) in [5.74, 6) is -1.36. The number of rotatable bonds is 7. The molecule has 0 saturated carbocycles. The third kappa shape index (κ3) is 3.67. The Hall–Kier alpha value is -2.84. The molecule has 0 aromatic heterocycles. The minimum absolute atomic E-state index is 0.00547. The highest BCUT2D eigenvalue weighted by Gasteiger charge is 2.49. The molecule has 148 valence electrons. The quantitative estimate of drug-likeness (QED) is 0.570. The summed E-state index contributed by atoms with van der Waals surface area (Å²) < 4.78 is 10.5. The van der Waals surface area contributed by atoms with Crippen molar-refractivity contribution in [1.29, 1.82) is 0 Å². The van der Waals surface area contributed by atoms with Crippen LogP contribution in [0.15, 0.2) is 12.1 Å². The van der Waals surface area contributed by atoms with Gasteiger partial charge in [0.2, 0.25) is 0 Å². The minimum Gasteiger partial charge on any atom is -0.493 e. The number of aliphatic carboxylic acids is 1. The fourth-order valence-electron chi connectivity index (χ4n) is 3.37. The summed E-state index contributed by atoms with van der Waals surface area (Å²) in [5, 5.41) is 21.1. The van der Waals surface area contributed by atoms with Crippen molar-refractivity contribution >= 4 is 17.6 Å².